The van der Waals surface area contributed by atoms with E-state index in [1.807, 2.05) is 0 Å². The number of methoxy groups -OCH3 is 1. The van der Waals surface area contributed by atoms with E-state index in [-0.39, 0.29) is 4.90 Å². The third kappa shape index (κ3) is 3.95. The quantitative estimate of drug-likeness (QED) is 0.571. The van der Waals surface area contributed by atoms with Gasteiger partial charge in [-0.3, -0.25) is 0 Å². The van der Waals surface area contributed by atoms with Gasteiger partial charge in [0.2, 0.25) is 10.0 Å². The molecule has 0 N–H and O–H groups in total. The summed E-state index contributed by atoms with van der Waals surface area (Å²) in [6.45, 7) is 0.975. The predicted octanol–water partition coefficient (Wildman–Crippen LogP) is 2.08. The molecule has 0 saturated carbocycles. The fraction of sp³-hybridized carbons (Fsp3) is 0.500. The fourth-order valence-electron chi connectivity index (χ4n) is 1.52. The molecule has 102 valence electrons. The smallest absolute Gasteiger partial charge is 0.242 e. The molecule has 0 aliphatic carbocycles. The molecule has 0 aliphatic rings. The molecular formula is C12H18ClNO3S. The standard InChI is InChI=1S/C12H18ClNO3S/c1-14(7-4-8-17-2)18(15,16)12-6-3-5-11(9-12)10-13/h3,5-6,9H,4,7-8,10H2,1-2H3. The zero-order valence-electron chi connectivity index (χ0n) is 10.6. The molecule has 0 saturated heterocycles. The maximum Gasteiger partial charge on any atom is 0.242 e. The first-order chi connectivity index (χ1) is 8.52. The molecule has 0 atom stereocenters. The molecule has 1 aromatic rings. The summed E-state index contributed by atoms with van der Waals surface area (Å²) in [4.78, 5) is 0.278. The van der Waals surface area contributed by atoms with Crippen LogP contribution in [-0.2, 0) is 20.6 Å². The Hall–Kier alpha value is -0.620. The lowest BCUT2D eigenvalue weighted by molar-refractivity contribution is 0.189. The SMILES string of the molecule is COCCCN(C)S(=O)(=O)c1cccc(CCl)c1. The molecule has 0 aliphatic heterocycles. The molecule has 0 radical (unpaired) electrons. The number of hydrogen-bond donors (Lipinski definition) is 0. The average Bonchev–Trinajstić information content (AvgIpc) is 2.39. The van der Waals surface area contributed by atoms with Gasteiger partial charge < -0.3 is 4.74 Å². The van der Waals surface area contributed by atoms with Crippen LogP contribution in [0.5, 0.6) is 0 Å². The summed E-state index contributed by atoms with van der Waals surface area (Å²) >= 11 is 5.71. The van der Waals surface area contributed by atoms with Crippen molar-refractivity contribution in [3.63, 3.8) is 0 Å². The Labute approximate surface area is 114 Å². The monoisotopic (exact) mass is 291 g/mol. The van der Waals surface area contributed by atoms with Crippen molar-refractivity contribution in [1.82, 2.24) is 4.31 Å². The highest BCUT2D eigenvalue weighted by molar-refractivity contribution is 7.89. The van der Waals surface area contributed by atoms with E-state index in [2.05, 4.69) is 0 Å². The van der Waals surface area contributed by atoms with E-state index in [4.69, 9.17) is 16.3 Å². The molecule has 0 amide bonds. The van der Waals surface area contributed by atoms with E-state index >= 15 is 0 Å². The lowest BCUT2D eigenvalue weighted by atomic mass is 10.2. The Bertz CT molecular complexity index is 476. The first-order valence-electron chi connectivity index (χ1n) is 5.62. The minimum Gasteiger partial charge on any atom is -0.385 e. The van der Waals surface area contributed by atoms with Crippen molar-refractivity contribution < 1.29 is 13.2 Å². The van der Waals surface area contributed by atoms with Crippen LogP contribution in [0.3, 0.4) is 0 Å². The van der Waals surface area contributed by atoms with Gasteiger partial charge in [0, 0.05) is 33.2 Å². The van der Waals surface area contributed by atoms with Gasteiger partial charge in [-0.05, 0) is 24.1 Å². The molecule has 0 bridgehead atoms. The molecule has 6 heteroatoms. The van der Waals surface area contributed by atoms with Crippen molar-refractivity contribution in [1.29, 1.82) is 0 Å². The second-order valence-corrected chi connectivity index (χ2v) is 6.27. The summed E-state index contributed by atoms with van der Waals surface area (Å²) in [6, 6.07) is 6.69. The summed E-state index contributed by atoms with van der Waals surface area (Å²) in [7, 11) is -0.269. The Morgan fingerprint density at radius 2 is 2.11 bits per heavy atom. The maximum absolute atomic E-state index is 12.2. The summed E-state index contributed by atoms with van der Waals surface area (Å²) in [5, 5.41) is 0. The van der Waals surface area contributed by atoms with E-state index in [1.54, 1.807) is 38.4 Å². The number of rotatable bonds is 7. The number of alkyl halides is 1. The molecular weight excluding hydrogens is 274 g/mol. The second kappa shape index (κ2) is 7.09. The lowest BCUT2D eigenvalue weighted by Gasteiger charge is -2.17. The van der Waals surface area contributed by atoms with Crippen LogP contribution in [0.4, 0.5) is 0 Å². The van der Waals surface area contributed by atoms with Gasteiger partial charge in [0.25, 0.3) is 0 Å². The van der Waals surface area contributed by atoms with Gasteiger partial charge in [-0.15, -0.1) is 11.6 Å². The normalized spacial score (nSPS) is 12.0. The minimum atomic E-state index is -3.43. The van der Waals surface area contributed by atoms with Crippen molar-refractivity contribution >= 4 is 21.6 Å². The van der Waals surface area contributed by atoms with Crippen LogP contribution in [0.25, 0.3) is 0 Å². The Kier molecular flexibility index (Phi) is 6.08. The Balaban J connectivity index is 2.84. The first-order valence-corrected chi connectivity index (χ1v) is 7.60. The van der Waals surface area contributed by atoms with Gasteiger partial charge in [0.1, 0.15) is 0 Å². The number of halogens is 1. The largest absolute Gasteiger partial charge is 0.385 e. The summed E-state index contributed by atoms with van der Waals surface area (Å²) < 4.78 is 30.7. The van der Waals surface area contributed by atoms with Crippen LogP contribution >= 0.6 is 11.6 Å². The molecule has 0 aromatic heterocycles. The van der Waals surface area contributed by atoms with Crippen LogP contribution in [0.2, 0.25) is 0 Å². The van der Waals surface area contributed by atoms with Crippen molar-refractivity contribution in [3.8, 4) is 0 Å². The van der Waals surface area contributed by atoms with E-state index in [0.717, 1.165) is 5.56 Å². The fourth-order valence-corrected chi connectivity index (χ4v) is 2.97. The van der Waals surface area contributed by atoms with Gasteiger partial charge >= 0.3 is 0 Å². The molecule has 0 spiro atoms. The van der Waals surface area contributed by atoms with Crippen LogP contribution in [0.15, 0.2) is 29.2 Å². The molecule has 1 aromatic carbocycles. The highest BCUT2D eigenvalue weighted by Gasteiger charge is 2.20. The molecule has 4 nitrogen and oxygen atoms in total. The zero-order chi connectivity index (χ0) is 13.6. The van der Waals surface area contributed by atoms with Crippen molar-refractivity contribution in [2.45, 2.75) is 17.2 Å². The summed E-state index contributed by atoms with van der Waals surface area (Å²) in [6.07, 6.45) is 0.668. The molecule has 1 rings (SSSR count). The third-order valence-corrected chi connectivity index (χ3v) is 4.74. The van der Waals surface area contributed by atoms with E-state index < -0.39 is 10.0 Å². The average molecular weight is 292 g/mol. The van der Waals surface area contributed by atoms with E-state index in [9.17, 15) is 8.42 Å². The summed E-state index contributed by atoms with van der Waals surface area (Å²) in [5.74, 6) is 0.302. The van der Waals surface area contributed by atoms with Gasteiger partial charge in [0.05, 0.1) is 4.90 Å². The maximum atomic E-state index is 12.2. The first kappa shape index (κ1) is 15.4. The van der Waals surface area contributed by atoms with Crippen LogP contribution < -0.4 is 0 Å². The van der Waals surface area contributed by atoms with E-state index in [0.29, 0.717) is 25.5 Å². The van der Waals surface area contributed by atoms with Gasteiger partial charge in [-0.2, -0.15) is 0 Å². The number of benzene rings is 1. The van der Waals surface area contributed by atoms with Crippen molar-refractivity contribution in [2.75, 3.05) is 27.3 Å². The van der Waals surface area contributed by atoms with Crippen LogP contribution in [0.1, 0.15) is 12.0 Å². The van der Waals surface area contributed by atoms with Crippen molar-refractivity contribution in [3.05, 3.63) is 29.8 Å². The zero-order valence-corrected chi connectivity index (χ0v) is 12.2. The molecule has 18 heavy (non-hydrogen) atoms. The van der Waals surface area contributed by atoms with Crippen LogP contribution in [0, 0.1) is 0 Å². The predicted molar refractivity (Wildman–Crippen MR) is 72.3 cm³/mol. The highest BCUT2D eigenvalue weighted by Crippen LogP contribution is 2.17. The minimum absolute atomic E-state index is 0.278. The van der Waals surface area contributed by atoms with Gasteiger partial charge in [-0.1, -0.05) is 12.1 Å². The second-order valence-electron chi connectivity index (χ2n) is 3.95. The van der Waals surface area contributed by atoms with Gasteiger partial charge in [0.15, 0.2) is 0 Å². The topological polar surface area (TPSA) is 46.6 Å². The highest BCUT2D eigenvalue weighted by atomic mass is 35.5. The van der Waals surface area contributed by atoms with Crippen molar-refractivity contribution in [2.24, 2.45) is 0 Å². The number of hydrogen-bond acceptors (Lipinski definition) is 3. The summed E-state index contributed by atoms with van der Waals surface area (Å²) in [5.41, 5.74) is 0.794. The number of sulfonamides is 1. The molecule has 0 fully saturated rings. The molecule has 0 heterocycles. The number of nitrogens with zero attached hydrogens (tertiary/aromatic N) is 1. The van der Waals surface area contributed by atoms with Gasteiger partial charge in [-0.25, -0.2) is 12.7 Å². The Morgan fingerprint density at radius 1 is 1.39 bits per heavy atom. The number of ether oxygens (including phenoxy) is 1. The van der Waals surface area contributed by atoms with Crippen LogP contribution in [-0.4, -0.2) is 40.0 Å². The third-order valence-electron chi connectivity index (χ3n) is 2.58. The molecule has 0 unspecified atom stereocenters. The lowest BCUT2D eigenvalue weighted by Crippen LogP contribution is -2.28. The Morgan fingerprint density at radius 3 is 2.72 bits per heavy atom. The van der Waals surface area contributed by atoms with E-state index in [1.165, 1.54) is 4.31 Å².